The molecule has 0 atom stereocenters. The van der Waals surface area contributed by atoms with Gasteiger partial charge in [0.05, 0.1) is 15.9 Å². The molecule has 0 amide bonds. The molecule has 4 nitrogen and oxygen atoms in total. The molecule has 1 aliphatic rings. The molecule has 0 saturated heterocycles. The van der Waals surface area contributed by atoms with Gasteiger partial charge in [-0.3, -0.25) is 9.58 Å². The lowest BCUT2D eigenvalue weighted by molar-refractivity contribution is 0.172. The number of nitrogens with two attached hydrogens (primary N) is 1. The Hall–Kier alpha value is -0.390. The molecule has 5 heteroatoms. The Morgan fingerprint density at radius 2 is 2.00 bits per heavy atom. The Balaban J connectivity index is 2.02. The first-order chi connectivity index (χ1) is 9.02. The van der Waals surface area contributed by atoms with E-state index in [0.29, 0.717) is 12.1 Å². The zero-order valence-corrected chi connectivity index (χ0v) is 13.8. The van der Waals surface area contributed by atoms with Crippen molar-refractivity contribution in [2.24, 2.45) is 12.8 Å². The summed E-state index contributed by atoms with van der Waals surface area (Å²) in [6, 6.07) is 1.08. The highest BCUT2D eigenvalue weighted by Gasteiger charge is 2.23. The first kappa shape index (κ1) is 15.0. The molecule has 1 saturated carbocycles. The van der Waals surface area contributed by atoms with Crippen molar-refractivity contribution in [3.63, 3.8) is 0 Å². The maximum absolute atomic E-state index is 5.98. The maximum Gasteiger partial charge on any atom is 0.0767 e. The number of hydrogen-bond donors (Lipinski definition) is 1. The molecular weight excluding hydrogens is 304 g/mol. The zero-order valence-electron chi connectivity index (χ0n) is 12.2. The van der Waals surface area contributed by atoms with Crippen molar-refractivity contribution >= 4 is 15.9 Å². The third kappa shape index (κ3) is 3.38. The Bertz CT molecular complexity index is 421. The molecule has 0 aromatic carbocycles. The molecule has 19 heavy (non-hydrogen) atoms. The fourth-order valence-electron chi connectivity index (χ4n) is 2.90. The Labute approximate surface area is 124 Å². The highest BCUT2D eigenvalue weighted by atomic mass is 79.9. The molecule has 0 spiro atoms. The van der Waals surface area contributed by atoms with Gasteiger partial charge in [0, 0.05) is 25.7 Å². The molecule has 1 heterocycles. The summed E-state index contributed by atoms with van der Waals surface area (Å²) in [6.07, 6.45) is 5.71. The second-order valence-electron chi connectivity index (χ2n) is 5.67. The predicted octanol–water partition coefficient (Wildman–Crippen LogP) is 2.45. The Morgan fingerprint density at radius 3 is 2.53 bits per heavy atom. The minimum Gasteiger partial charge on any atom is -0.328 e. The molecule has 2 rings (SSSR count). The van der Waals surface area contributed by atoms with Crippen LogP contribution in [0.1, 0.15) is 44.0 Å². The molecular formula is C14H25BrN4. The largest absolute Gasteiger partial charge is 0.328 e. The van der Waals surface area contributed by atoms with Gasteiger partial charge in [-0.25, -0.2) is 0 Å². The lowest BCUT2D eigenvalue weighted by Crippen LogP contribution is -2.38. The fraction of sp³-hybridized carbons (Fsp3) is 0.786. The summed E-state index contributed by atoms with van der Waals surface area (Å²) in [5.74, 6) is 0. The van der Waals surface area contributed by atoms with Crippen molar-refractivity contribution in [1.29, 1.82) is 0 Å². The van der Waals surface area contributed by atoms with E-state index in [1.165, 1.54) is 23.0 Å². The van der Waals surface area contributed by atoms with Gasteiger partial charge in [0.15, 0.2) is 0 Å². The van der Waals surface area contributed by atoms with Crippen LogP contribution >= 0.6 is 15.9 Å². The van der Waals surface area contributed by atoms with E-state index in [1.54, 1.807) is 0 Å². The number of aromatic nitrogens is 2. The van der Waals surface area contributed by atoms with Crippen LogP contribution in [0, 0.1) is 0 Å². The standard InChI is InChI=1S/C14H25BrN4/c1-4-12-14(15)13(19(3)17-12)9-18(2)11-7-5-10(16)6-8-11/h10-11H,4-9,16H2,1-3H3. The number of rotatable bonds is 4. The van der Waals surface area contributed by atoms with Gasteiger partial charge in [-0.15, -0.1) is 0 Å². The van der Waals surface area contributed by atoms with Crippen molar-refractivity contribution in [3.8, 4) is 0 Å². The summed E-state index contributed by atoms with van der Waals surface area (Å²) in [7, 11) is 4.25. The highest BCUT2D eigenvalue weighted by Crippen LogP contribution is 2.26. The lowest BCUT2D eigenvalue weighted by Gasteiger charge is -2.33. The second-order valence-corrected chi connectivity index (χ2v) is 6.46. The van der Waals surface area contributed by atoms with Crippen molar-refractivity contribution in [2.45, 2.75) is 57.7 Å². The summed E-state index contributed by atoms with van der Waals surface area (Å²) in [4.78, 5) is 2.45. The fourth-order valence-corrected chi connectivity index (χ4v) is 3.64. The summed E-state index contributed by atoms with van der Waals surface area (Å²) in [5.41, 5.74) is 8.40. The van der Waals surface area contributed by atoms with Crippen molar-refractivity contribution in [3.05, 3.63) is 15.9 Å². The van der Waals surface area contributed by atoms with E-state index in [4.69, 9.17) is 5.73 Å². The number of halogens is 1. The van der Waals surface area contributed by atoms with Crippen LogP contribution in [0.5, 0.6) is 0 Å². The number of aryl methyl sites for hydroxylation is 2. The first-order valence-electron chi connectivity index (χ1n) is 7.19. The average molecular weight is 329 g/mol. The van der Waals surface area contributed by atoms with E-state index in [9.17, 15) is 0 Å². The monoisotopic (exact) mass is 328 g/mol. The van der Waals surface area contributed by atoms with E-state index in [1.807, 2.05) is 11.7 Å². The van der Waals surface area contributed by atoms with Gasteiger partial charge in [-0.2, -0.15) is 5.10 Å². The van der Waals surface area contributed by atoms with Crippen LogP contribution in [0.25, 0.3) is 0 Å². The molecule has 2 N–H and O–H groups in total. The Kier molecular flexibility index (Phi) is 5.03. The third-order valence-corrected chi connectivity index (χ3v) is 5.18. The van der Waals surface area contributed by atoms with Crippen LogP contribution < -0.4 is 5.73 Å². The summed E-state index contributed by atoms with van der Waals surface area (Å²) in [5, 5.41) is 4.56. The normalized spacial score (nSPS) is 24.1. The van der Waals surface area contributed by atoms with Crippen LogP contribution in [0.3, 0.4) is 0 Å². The van der Waals surface area contributed by atoms with Crippen LogP contribution in [0.2, 0.25) is 0 Å². The molecule has 1 aromatic heterocycles. The SMILES string of the molecule is CCc1nn(C)c(CN(C)C2CCC(N)CC2)c1Br. The van der Waals surface area contributed by atoms with E-state index >= 15 is 0 Å². The summed E-state index contributed by atoms with van der Waals surface area (Å²) >= 11 is 3.69. The van der Waals surface area contributed by atoms with E-state index < -0.39 is 0 Å². The van der Waals surface area contributed by atoms with Gasteiger partial charge in [-0.05, 0) is 55.1 Å². The molecule has 0 unspecified atom stereocenters. The van der Waals surface area contributed by atoms with E-state index in [0.717, 1.165) is 31.5 Å². The van der Waals surface area contributed by atoms with Gasteiger partial charge in [0.1, 0.15) is 0 Å². The molecule has 1 aliphatic carbocycles. The zero-order chi connectivity index (χ0) is 14.0. The topological polar surface area (TPSA) is 47.1 Å². The van der Waals surface area contributed by atoms with Crippen LogP contribution in [-0.2, 0) is 20.0 Å². The van der Waals surface area contributed by atoms with Crippen molar-refractivity contribution < 1.29 is 0 Å². The minimum atomic E-state index is 0.416. The van der Waals surface area contributed by atoms with E-state index in [2.05, 4.69) is 39.9 Å². The van der Waals surface area contributed by atoms with Crippen molar-refractivity contribution in [2.75, 3.05) is 7.05 Å². The maximum atomic E-state index is 5.98. The molecule has 108 valence electrons. The van der Waals surface area contributed by atoms with Gasteiger partial charge < -0.3 is 5.73 Å². The van der Waals surface area contributed by atoms with E-state index in [-0.39, 0.29) is 0 Å². The third-order valence-electron chi connectivity index (χ3n) is 4.27. The summed E-state index contributed by atoms with van der Waals surface area (Å²) in [6.45, 7) is 3.09. The summed E-state index contributed by atoms with van der Waals surface area (Å²) < 4.78 is 3.19. The average Bonchev–Trinajstić information content (AvgIpc) is 2.67. The predicted molar refractivity (Wildman–Crippen MR) is 82.0 cm³/mol. The van der Waals surface area contributed by atoms with Gasteiger partial charge in [0.25, 0.3) is 0 Å². The van der Waals surface area contributed by atoms with Gasteiger partial charge >= 0.3 is 0 Å². The number of hydrogen-bond acceptors (Lipinski definition) is 3. The quantitative estimate of drug-likeness (QED) is 0.923. The second kappa shape index (κ2) is 6.37. The molecule has 1 fully saturated rings. The van der Waals surface area contributed by atoms with Crippen LogP contribution in [0.15, 0.2) is 4.47 Å². The first-order valence-corrected chi connectivity index (χ1v) is 7.98. The van der Waals surface area contributed by atoms with Crippen LogP contribution in [0.4, 0.5) is 0 Å². The molecule has 0 bridgehead atoms. The molecule has 0 radical (unpaired) electrons. The van der Waals surface area contributed by atoms with Crippen molar-refractivity contribution in [1.82, 2.24) is 14.7 Å². The highest BCUT2D eigenvalue weighted by molar-refractivity contribution is 9.10. The molecule has 0 aliphatic heterocycles. The molecule has 1 aromatic rings. The smallest absolute Gasteiger partial charge is 0.0767 e. The number of nitrogens with zero attached hydrogens (tertiary/aromatic N) is 3. The lowest BCUT2D eigenvalue weighted by atomic mass is 9.91. The van der Waals surface area contributed by atoms with Crippen LogP contribution in [-0.4, -0.2) is 33.8 Å². The van der Waals surface area contributed by atoms with Gasteiger partial charge in [0.2, 0.25) is 0 Å². The Morgan fingerprint density at radius 1 is 1.37 bits per heavy atom. The van der Waals surface area contributed by atoms with Gasteiger partial charge in [-0.1, -0.05) is 6.92 Å². The minimum absolute atomic E-state index is 0.416.